The molecule has 1 aromatic carbocycles. The minimum absolute atomic E-state index is 0.0595. The molecule has 21 heavy (non-hydrogen) atoms. The predicted octanol–water partition coefficient (Wildman–Crippen LogP) is 3.02. The molecule has 1 aromatic heterocycles. The van der Waals surface area contributed by atoms with Crippen LogP contribution in [0.2, 0.25) is 0 Å². The largest absolute Gasteiger partial charge is 0.496 e. The lowest BCUT2D eigenvalue weighted by Gasteiger charge is -2.13. The van der Waals surface area contributed by atoms with Crippen LogP contribution in [-0.2, 0) is 0 Å². The van der Waals surface area contributed by atoms with Crippen molar-refractivity contribution in [1.29, 1.82) is 0 Å². The van der Waals surface area contributed by atoms with Gasteiger partial charge in [0.15, 0.2) is 11.4 Å². The van der Waals surface area contributed by atoms with Crippen molar-refractivity contribution in [2.45, 2.75) is 26.8 Å². The summed E-state index contributed by atoms with van der Waals surface area (Å²) < 4.78 is 12.3. The molecule has 0 saturated carbocycles. The van der Waals surface area contributed by atoms with Crippen molar-refractivity contribution < 1.29 is 14.3 Å². The van der Waals surface area contributed by atoms with Crippen LogP contribution in [0.15, 0.2) is 24.4 Å². The fourth-order valence-electron chi connectivity index (χ4n) is 2.22. The number of hydrogen-bond donors (Lipinski definition) is 0. The average molecular weight is 288 g/mol. The SMILES string of the molecule is COc1cc(C)ccc1C(=O)c1c(OC)cnn1C(C)C. The number of methoxy groups -OCH3 is 2. The van der Waals surface area contributed by atoms with Crippen molar-refractivity contribution in [1.82, 2.24) is 9.78 Å². The number of rotatable bonds is 5. The van der Waals surface area contributed by atoms with E-state index in [4.69, 9.17) is 9.47 Å². The molecule has 0 N–H and O–H groups in total. The number of carbonyl (C=O) groups is 1. The number of benzene rings is 1. The lowest BCUT2D eigenvalue weighted by Crippen LogP contribution is -2.15. The summed E-state index contributed by atoms with van der Waals surface area (Å²) >= 11 is 0. The number of hydrogen-bond acceptors (Lipinski definition) is 4. The molecule has 0 fully saturated rings. The third-order valence-corrected chi connectivity index (χ3v) is 3.29. The molecular formula is C16H20N2O3. The highest BCUT2D eigenvalue weighted by molar-refractivity contribution is 6.11. The summed E-state index contributed by atoms with van der Waals surface area (Å²) in [5.41, 5.74) is 1.98. The molecule has 1 heterocycles. The second kappa shape index (κ2) is 5.99. The van der Waals surface area contributed by atoms with Crippen LogP contribution in [0.3, 0.4) is 0 Å². The smallest absolute Gasteiger partial charge is 0.218 e. The molecule has 0 amide bonds. The van der Waals surface area contributed by atoms with Crippen molar-refractivity contribution in [3.8, 4) is 11.5 Å². The number of ether oxygens (including phenoxy) is 2. The fraction of sp³-hybridized carbons (Fsp3) is 0.375. The highest BCUT2D eigenvalue weighted by atomic mass is 16.5. The lowest BCUT2D eigenvalue weighted by atomic mass is 10.0. The van der Waals surface area contributed by atoms with Gasteiger partial charge in [-0.15, -0.1) is 0 Å². The monoisotopic (exact) mass is 288 g/mol. The maximum absolute atomic E-state index is 12.9. The van der Waals surface area contributed by atoms with Crippen LogP contribution in [0.5, 0.6) is 11.5 Å². The molecule has 0 aliphatic rings. The van der Waals surface area contributed by atoms with E-state index in [-0.39, 0.29) is 11.8 Å². The summed E-state index contributed by atoms with van der Waals surface area (Å²) in [4.78, 5) is 12.9. The Balaban J connectivity index is 2.57. The van der Waals surface area contributed by atoms with E-state index in [1.165, 1.54) is 7.11 Å². The molecule has 0 saturated heterocycles. The van der Waals surface area contributed by atoms with E-state index in [9.17, 15) is 4.79 Å². The van der Waals surface area contributed by atoms with E-state index in [0.29, 0.717) is 22.8 Å². The average Bonchev–Trinajstić information content (AvgIpc) is 2.90. The summed E-state index contributed by atoms with van der Waals surface area (Å²) in [6.07, 6.45) is 1.56. The van der Waals surface area contributed by atoms with E-state index in [1.54, 1.807) is 24.1 Å². The maximum Gasteiger partial charge on any atom is 0.218 e. The maximum atomic E-state index is 12.9. The Kier molecular flexibility index (Phi) is 4.31. The van der Waals surface area contributed by atoms with Gasteiger partial charge < -0.3 is 9.47 Å². The molecule has 0 aliphatic heterocycles. The Morgan fingerprint density at radius 2 is 1.86 bits per heavy atom. The van der Waals surface area contributed by atoms with Crippen molar-refractivity contribution in [3.05, 3.63) is 41.2 Å². The minimum atomic E-state index is -0.157. The van der Waals surface area contributed by atoms with Gasteiger partial charge in [0.1, 0.15) is 5.75 Å². The summed E-state index contributed by atoms with van der Waals surface area (Å²) in [5.74, 6) is 0.866. The van der Waals surface area contributed by atoms with Crippen LogP contribution in [0.1, 0.15) is 41.5 Å². The molecule has 2 aromatic rings. The predicted molar refractivity (Wildman–Crippen MR) is 80.3 cm³/mol. The Hall–Kier alpha value is -2.30. The molecule has 112 valence electrons. The van der Waals surface area contributed by atoms with Crippen molar-refractivity contribution in [2.75, 3.05) is 14.2 Å². The van der Waals surface area contributed by atoms with Crippen molar-refractivity contribution in [2.24, 2.45) is 0 Å². The minimum Gasteiger partial charge on any atom is -0.496 e. The van der Waals surface area contributed by atoms with E-state index in [2.05, 4.69) is 5.10 Å². The first-order valence-corrected chi connectivity index (χ1v) is 6.80. The van der Waals surface area contributed by atoms with E-state index in [1.807, 2.05) is 32.9 Å². The first-order chi connectivity index (χ1) is 9.99. The Morgan fingerprint density at radius 3 is 2.43 bits per heavy atom. The molecule has 0 atom stereocenters. The second-order valence-corrected chi connectivity index (χ2v) is 5.13. The van der Waals surface area contributed by atoms with Gasteiger partial charge in [0.25, 0.3) is 0 Å². The summed E-state index contributed by atoms with van der Waals surface area (Å²) in [6.45, 7) is 5.89. The number of aromatic nitrogens is 2. The van der Waals surface area contributed by atoms with Crippen LogP contribution >= 0.6 is 0 Å². The molecule has 0 spiro atoms. The molecular weight excluding hydrogens is 268 g/mol. The molecule has 0 unspecified atom stereocenters. The number of carbonyl (C=O) groups excluding carboxylic acids is 1. The zero-order valence-electron chi connectivity index (χ0n) is 13.0. The Labute approximate surface area is 124 Å². The van der Waals surface area contributed by atoms with Crippen molar-refractivity contribution >= 4 is 5.78 Å². The second-order valence-electron chi connectivity index (χ2n) is 5.13. The summed E-state index contributed by atoms with van der Waals surface area (Å²) in [6, 6.07) is 5.56. The first kappa shape index (κ1) is 15.1. The van der Waals surface area contributed by atoms with Gasteiger partial charge in [0, 0.05) is 6.04 Å². The molecule has 2 rings (SSSR count). The van der Waals surface area contributed by atoms with Crippen molar-refractivity contribution in [3.63, 3.8) is 0 Å². The van der Waals surface area contributed by atoms with E-state index in [0.717, 1.165) is 5.56 Å². The number of nitrogens with zero attached hydrogens (tertiary/aromatic N) is 2. The lowest BCUT2D eigenvalue weighted by molar-refractivity contribution is 0.102. The zero-order chi connectivity index (χ0) is 15.6. The molecule has 0 radical (unpaired) electrons. The normalized spacial score (nSPS) is 10.8. The quantitative estimate of drug-likeness (QED) is 0.794. The van der Waals surface area contributed by atoms with Gasteiger partial charge in [-0.05, 0) is 38.5 Å². The van der Waals surface area contributed by atoms with E-state index >= 15 is 0 Å². The first-order valence-electron chi connectivity index (χ1n) is 6.80. The molecule has 0 bridgehead atoms. The highest BCUT2D eigenvalue weighted by Crippen LogP contribution is 2.28. The van der Waals surface area contributed by atoms with Gasteiger partial charge >= 0.3 is 0 Å². The molecule has 5 heteroatoms. The van der Waals surface area contributed by atoms with Crippen LogP contribution < -0.4 is 9.47 Å². The van der Waals surface area contributed by atoms with E-state index < -0.39 is 0 Å². The summed E-state index contributed by atoms with van der Waals surface area (Å²) in [5, 5.41) is 4.24. The fourth-order valence-corrected chi connectivity index (χ4v) is 2.22. The van der Waals surface area contributed by atoms with Gasteiger partial charge in [-0.1, -0.05) is 6.07 Å². The van der Waals surface area contributed by atoms with Gasteiger partial charge in [-0.3, -0.25) is 9.48 Å². The van der Waals surface area contributed by atoms with Gasteiger partial charge in [0.2, 0.25) is 5.78 Å². The van der Waals surface area contributed by atoms with Crippen LogP contribution in [0.4, 0.5) is 0 Å². The van der Waals surface area contributed by atoms with Crippen LogP contribution in [0, 0.1) is 6.92 Å². The van der Waals surface area contributed by atoms with Gasteiger partial charge in [-0.2, -0.15) is 5.10 Å². The number of aryl methyl sites for hydroxylation is 1. The zero-order valence-corrected chi connectivity index (χ0v) is 13.0. The molecule has 0 aliphatic carbocycles. The summed E-state index contributed by atoms with van der Waals surface area (Å²) in [7, 11) is 3.09. The standard InChI is InChI=1S/C16H20N2O3/c1-10(2)18-15(14(21-5)9-17-18)16(19)12-7-6-11(3)8-13(12)20-4/h6-10H,1-5H3. The Bertz CT molecular complexity index is 660. The van der Waals surface area contributed by atoms with Gasteiger partial charge in [-0.25, -0.2) is 0 Å². The highest BCUT2D eigenvalue weighted by Gasteiger charge is 2.24. The molecule has 5 nitrogen and oxygen atoms in total. The number of ketones is 1. The third kappa shape index (κ3) is 2.77. The van der Waals surface area contributed by atoms with Gasteiger partial charge in [0.05, 0.1) is 26.0 Å². The topological polar surface area (TPSA) is 53.4 Å². The third-order valence-electron chi connectivity index (χ3n) is 3.29. The van der Waals surface area contributed by atoms with Crippen LogP contribution in [-0.4, -0.2) is 29.8 Å². The Morgan fingerprint density at radius 1 is 1.19 bits per heavy atom. The van der Waals surface area contributed by atoms with Crippen LogP contribution in [0.25, 0.3) is 0 Å².